The van der Waals surface area contributed by atoms with Crippen LogP contribution in [0.2, 0.25) is 0 Å². The molecule has 1 saturated heterocycles. The van der Waals surface area contributed by atoms with E-state index >= 15 is 0 Å². The molecule has 1 atom stereocenters. The van der Waals surface area contributed by atoms with Gasteiger partial charge >= 0.3 is 5.69 Å². The van der Waals surface area contributed by atoms with Gasteiger partial charge in [0.1, 0.15) is 5.69 Å². The summed E-state index contributed by atoms with van der Waals surface area (Å²) >= 11 is 0. The van der Waals surface area contributed by atoms with Gasteiger partial charge in [-0.25, -0.2) is 4.68 Å². The highest BCUT2D eigenvalue weighted by molar-refractivity contribution is 5.62. The molecule has 1 aliphatic rings. The van der Waals surface area contributed by atoms with Crippen molar-refractivity contribution in [3.8, 4) is 0 Å². The van der Waals surface area contributed by atoms with Gasteiger partial charge in [0, 0.05) is 31.9 Å². The second kappa shape index (κ2) is 6.28. The second-order valence-corrected chi connectivity index (χ2v) is 5.93. The van der Waals surface area contributed by atoms with E-state index in [0.717, 1.165) is 31.6 Å². The van der Waals surface area contributed by atoms with Gasteiger partial charge in [-0.2, -0.15) is 5.10 Å². The summed E-state index contributed by atoms with van der Waals surface area (Å²) in [5.74, 6) is 0.604. The number of rotatable bonds is 4. The monoisotopic (exact) mass is 315 g/mol. The molecule has 3 rings (SSSR count). The number of hydrogen-bond donors (Lipinski definition) is 1. The maximum Gasteiger partial charge on any atom is 0.333 e. The number of nitrogens with one attached hydrogen (secondary N) is 1. The minimum absolute atomic E-state index is 0.118. The number of para-hydroxylation sites is 1. The molecule has 7 nitrogen and oxygen atoms in total. The fourth-order valence-corrected chi connectivity index (χ4v) is 3.26. The van der Waals surface area contributed by atoms with Crippen LogP contribution in [-0.2, 0) is 7.05 Å². The van der Waals surface area contributed by atoms with Crippen molar-refractivity contribution in [2.45, 2.75) is 25.8 Å². The molecule has 1 aliphatic heterocycles. The fraction of sp³-hybridized carbons (Fsp3) is 0.438. The second-order valence-electron chi connectivity index (χ2n) is 5.93. The number of benzene rings is 1. The van der Waals surface area contributed by atoms with Crippen LogP contribution in [0.1, 0.15) is 18.5 Å². The van der Waals surface area contributed by atoms with Crippen molar-refractivity contribution in [3.05, 3.63) is 46.1 Å². The quantitative estimate of drug-likeness (QED) is 0.693. The summed E-state index contributed by atoms with van der Waals surface area (Å²) in [5.41, 5.74) is 1.66. The molecule has 0 amide bonds. The minimum Gasteiger partial charge on any atom is -0.381 e. The number of piperidine rings is 1. The number of anilines is 2. The Morgan fingerprint density at radius 1 is 1.35 bits per heavy atom. The van der Waals surface area contributed by atoms with Gasteiger partial charge in [0.05, 0.1) is 4.92 Å². The first-order valence-electron chi connectivity index (χ1n) is 7.81. The Kier molecular flexibility index (Phi) is 4.18. The summed E-state index contributed by atoms with van der Waals surface area (Å²) in [5, 5.41) is 19.1. The van der Waals surface area contributed by atoms with E-state index in [2.05, 4.69) is 15.3 Å². The van der Waals surface area contributed by atoms with Crippen LogP contribution in [0, 0.1) is 17.0 Å². The summed E-state index contributed by atoms with van der Waals surface area (Å²) in [6, 6.07) is 10.3. The Labute approximate surface area is 135 Å². The SMILES string of the molecule is Cc1nn(C)c(N2CCCC(Nc3ccccc3)C2)c1[N+](=O)[O-]. The van der Waals surface area contributed by atoms with Crippen molar-refractivity contribution in [1.29, 1.82) is 0 Å². The molecule has 2 heterocycles. The van der Waals surface area contributed by atoms with E-state index in [4.69, 9.17) is 0 Å². The Morgan fingerprint density at radius 2 is 2.09 bits per heavy atom. The van der Waals surface area contributed by atoms with Crippen LogP contribution in [0.25, 0.3) is 0 Å². The number of aryl methyl sites for hydroxylation is 2. The molecule has 0 bridgehead atoms. The highest BCUT2D eigenvalue weighted by Crippen LogP contribution is 2.33. The molecule has 1 fully saturated rings. The zero-order valence-electron chi connectivity index (χ0n) is 13.4. The smallest absolute Gasteiger partial charge is 0.333 e. The zero-order chi connectivity index (χ0) is 16.4. The van der Waals surface area contributed by atoms with E-state index in [1.807, 2.05) is 30.3 Å². The van der Waals surface area contributed by atoms with Crippen molar-refractivity contribution in [2.75, 3.05) is 23.3 Å². The first kappa shape index (κ1) is 15.3. The highest BCUT2D eigenvalue weighted by atomic mass is 16.6. The van der Waals surface area contributed by atoms with E-state index < -0.39 is 0 Å². The summed E-state index contributed by atoms with van der Waals surface area (Å²) < 4.78 is 1.62. The maximum absolute atomic E-state index is 11.4. The summed E-state index contributed by atoms with van der Waals surface area (Å²) in [6.07, 6.45) is 2.04. The number of nitrogens with zero attached hydrogens (tertiary/aromatic N) is 4. The van der Waals surface area contributed by atoms with Crippen molar-refractivity contribution in [1.82, 2.24) is 9.78 Å². The third-order valence-electron chi connectivity index (χ3n) is 4.21. The zero-order valence-corrected chi connectivity index (χ0v) is 13.4. The van der Waals surface area contributed by atoms with Gasteiger partial charge in [-0.15, -0.1) is 0 Å². The average molecular weight is 315 g/mol. The molecule has 0 radical (unpaired) electrons. The first-order valence-corrected chi connectivity index (χ1v) is 7.81. The van der Waals surface area contributed by atoms with Gasteiger partial charge in [-0.05, 0) is 31.9 Å². The van der Waals surface area contributed by atoms with E-state index in [9.17, 15) is 10.1 Å². The predicted octanol–water partition coefficient (Wildman–Crippen LogP) is 2.72. The lowest BCUT2D eigenvalue weighted by Crippen LogP contribution is -2.43. The molecule has 1 aromatic carbocycles. The topological polar surface area (TPSA) is 76.2 Å². The Hall–Kier alpha value is -2.57. The third kappa shape index (κ3) is 3.13. The third-order valence-corrected chi connectivity index (χ3v) is 4.21. The molecule has 2 aromatic rings. The molecule has 23 heavy (non-hydrogen) atoms. The van der Waals surface area contributed by atoms with Gasteiger partial charge in [0.25, 0.3) is 0 Å². The van der Waals surface area contributed by atoms with Crippen LogP contribution in [-0.4, -0.2) is 33.8 Å². The van der Waals surface area contributed by atoms with Crippen molar-refractivity contribution >= 4 is 17.2 Å². The van der Waals surface area contributed by atoms with Gasteiger partial charge < -0.3 is 10.2 Å². The molecule has 122 valence electrons. The van der Waals surface area contributed by atoms with Crippen molar-refractivity contribution in [2.24, 2.45) is 7.05 Å². The van der Waals surface area contributed by atoms with Gasteiger partial charge in [-0.3, -0.25) is 10.1 Å². The molecule has 7 heteroatoms. The normalized spacial score (nSPS) is 18.0. The molecule has 1 N–H and O–H groups in total. The Bertz CT molecular complexity index is 698. The van der Waals surface area contributed by atoms with E-state index in [1.165, 1.54) is 0 Å². The van der Waals surface area contributed by atoms with Gasteiger partial charge in [0.15, 0.2) is 0 Å². The predicted molar refractivity (Wildman–Crippen MR) is 89.9 cm³/mol. The van der Waals surface area contributed by atoms with E-state index in [1.54, 1.807) is 18.7 Å². The molecule has 1 unspecified atom stereocenters. The molecular formula is C16H21N5O2. The van der Waals surface area contributed by atoms with Crippen LogP contribution in [0.3, 0.4) is 0 Å². The molecule has 0 spiro atoms. The number of aromatic nitrogens is 2. The lowest BCUT2D eigenvalue weighted by molar-refractivity contribution is -0.384. The van der Waals surface area contributed by atoms with Crippen molar-refractivity contribution in [3.63, 3.8) is 0 Å². The molecule has 0 aliphatic carbocycles. The Morgan fingerprint density at radius 3 is 2.78 bits per heavy atom. The number of nitro groups is 1. The molecule has 1 aromatic heterocycles. The van der Waals surface area contributed by atoms with Crippen molar-refractivity contribution < 1.29 is 4.92 Å². The van der Waals surface area contributed by atoms with Crippen LogP contribution >= 0.6 is 0 Å². The van der Waals surface area contributed by atoms with Crippen LogP contribution in [0.15, 0.2) is 30.3 Å². The van der Waals surface area contributed by atoms with Crippen LogP contribution in [0.4, 0.5) is 17.2 Å². The fourth-order valence-electron chi connectivity index (χ4n) is 3.26. The highest BCUT2D eigenvalue weighted by Gasteiger charge is 2.31. The first-order chi connectivity index (χ1) is 11.1. The van der Waals surface area contributed by atoms with E-state index in [0.29, 0.717) is 11.5 Å². The summed E-state index contributed by atoms with van der Waals surface area (Å²) in [7, 11) is 1.77. The average Bonchev–Trinajstić information content (AvgIpc) is 2.83. The number of hydrogen-bond acceptors (Lipinski definition) is 5. The lowest BCUT2D eigenvalue weighted by atomic mass is 10.0. The largest absolute Gasteiger partial charge is 0.381 e. The van der Waals surface area contributed by atoms with Crippen LogP contribution in [0.5, 0.6) is 0 Å². The Balaban J connectivity index is 1.80. The van der Waals surface area contributed by atoms with E-state index in [-0.39, 0.29) is 16.7 Å². The lowest BCUT2D eigenvalue weighted by Gasteiger charge is -2.34. The summed E-state index contributed by atoms with van der Waals surface area (Å²) in [4.78, 5) is 13.1. The molecular weight excluding hydrogens is 294 g/mol. The van der Waals surface area contributed by atoms with Gasteiger partial charge in [0.2, 0.25) is 5.82 Å². The minimum atomic E-state index is -0.327. The van der Waals surface area contributed by atoms with Crippen LogP contribution < -0.4 is 10.2 Å². The maximum atomic E-state index is 11.4. The molecule has 0 saturated carbocycles. The standard InChI is InChI=1S/C16H21N5O2/c1-12-15(21(22)23)16(19(2)18-12)20-10-6-9-14(11-20)17-13-7-4-3-5-8-13/h3-5,7-8,14,17H,6,9-11H2,1-2H3. The van der Waals surface area contributed by atoms with Gasteiger partial charge in [-0.1, -0.05) is 18.2 Å². The summed E-state index contributed by atoms with van der Waals surface area (Å²) in [6.45, 7) is 3.23.